The van der Waals surface area contributed by atoms with Gasteiger partial charge in [0.1, 0.15) is 0 Å². The van der Waals surface area contributed by atoms with E-state index >= 15 is 0 Å². The average Bonchev–Trinajstić information content (AvgIpc) is 1.81. The molecule has 0 aliphatic rings. The van der Waals surface area contributed by atoms with Crippen LogP contribution < -0.4 is 5.90 Å². The fourth-order valence-electron chi connectivity index (χ4n) is 0.464. The molecular formula is C5H12NO2. The lowest BCUT2D eigenvalue weighted by atomic mass is 10.2. The van der Waals surface area contributed by atoms with Crippen molar-refractivity contribution in [2.24, 2.45) is 5.90 Å². The van der Waals surface area contributed by atoms with Gasteiger partial charge in [-0.3, -0.25) is 0 Å². The molecule has 2 N–H and O–H groups in total. The molecule has 49 valence electrons. The van der Waals surface area contributed by atoms with Crippen LogP contribution >= 0.6 is 0 Å². The summed E-state index contributed by atoms with van der Waals surface area (Å²) in [5, 5.41) is 9.82. The maximum Gasteiger partial charge on any atom is 0.0822 e. The van der Waals surface area contributed by atoms with Gasteiger partial charge in [0.2, 0.25) is 0 Å². The van der Waals surface area contributed by atoms with E-state index in [1.807, 2.05) is 0 Å². The molecule has 0 heterocycles. The molecular weight excluding hydrogens is 106 g/mol. The monoisotopic (exact) mass is 118 g/mol. The summed E-state index contributed by atoms with van der Waals surface area (Å²) >= 11 is 0. The second kappa shape index (κ2) is 6.88. The summed E-state index contributed by atoms with van der Waals surface area (Å²) in [6.45, 7) is 0.588. The zero-order valence-electron chi connectivity index (χ0n) is 4.93. The van der Waals surface area contributed by atoms with Crippen molar-refractivity contribution in [3.63, 3.8) is 0 Å². The smallest absolute Gasteiger partial charge is 0.0822 e. The van der Waals surface area contributed by atoms with Crippen LogP contribution in [-0.2, 0) is 9.94 Å². The first-order valence-electron chi connectivity index (χ1n) is 2.81. The second-order valence-corrected chi connectivity index (χ2v) is 1.64. The number of rotatable bonds is 5. The third-order valence-corrected chi connectivity index (χ3v) is 0.907. The molecule has 8 heavy (non-hydrogen) atoms. The molecule has 0 aromatic heterocycles. The van der Waals surface area contributed by atoms with Gasteiger partial charge in [0.25, 0.3) is 0 Å². The molecule has 0 aliphatic heterocycles. The molecule has 0 atom stereocenters. The van der Waals surface area contributed by atoms with Crippen LogP contribution in [0.1, 0.15) is 19.3 Å². The Balaban J connectivity index is 2.53. The maximum absolute atomic E-state index is 9.82. The standard InChI is InChI=1S/C5H12NO2/c6-8-5-3-1-2-4-7/h1-6H2. The highest BCUT2D eigenvalue weighted by molar-refractivity contribution is 4.36. The molecule has 0 saturated heterocycles. The molecule has 0 amide bonds. The topological polar surface area (TPSA) is 55.1 Å². The van der Waals surface area contributed by atoms with Gasteiger partial charge in [0.15, 0.2) is 0 Å². The van der Waals surface area contributed by atoms with Crippen molar-refractivity contribution in [1.29, 1.82) is 0 Å². The third-order valence-electron chi connectivity index (χ3n) is 0.907. The molecule has 0 unspecified atom stereocenters. The van der Waals surface area contributed by atoms with E-state index in [1.165, 1.54) is 0 Å². The molecule has 0 rings (SSSR count). The molecule has 1 radical (unpaired) electrons. The van der Waals surface area contributed by atoms with Gasteiger partial charge in [-0.05, 0) is 19.3 Å². The van der Waals surface area contributed by atoms with Crippen molar-refractivity contribution < 1.29 is 9.94 Å². The first kappa shape index (κ1) is 7.88. The van der Waals surface area contributed by atoms with E-state index in [0.717, 1.165) is 19.3 Å². The first-order valence-corrected chi connectivity index (χ1v) is 2.81. The number of hydrogen-bond acceptors (Lipinski definition) is 2. The minimum Gasteiger partial charge on any atom is -0.305 e. The van der Waals surface area contributed by atoms with Gasteiger partial charge in [-0.15, -0.1) is 0 Å². The Morgan fingerprint density at radius 2 is 2.00 bits per heavy atom. The fourth-order valence-corrected chi connectivity index (χ4v) is 0.464. The number of unbranched alkanes of at least 4 members (excludes halogenated alkanes) is 2. The predicted molar refractivity (Wildman–Crippen MR) is 29.5 cm³/mol. The van der Waals surface area contributed by atoms with Gasteiger partial charge < -0.3 is 4.84 Å². The lowest BCUT2D eigenvalue weighted by Crippen LogP contribution is -2.00. The second-order valence-electron chi connectivity index (χ2n) is 1.64. The third kappa shape index (κ3) is 5.88. The molecule has 0 aromatic rings. The van der Waals surface area contributed by atoms with Crippen LogP contribution in [0.5, 0.6) is 0 Å². The Morgan fingerprint density at radius 3 is 2.50 bits per heavy atom. The molecule has 0 spiro atoms. The fraction of sp³-hybridized carbons (Fsp3) is 1.00. The van der Waals surface area contributed by atoms with E-state index in [2.05, 4.69) is 4.84 Å². The molecule has 0 aliphatic carbocycles. The summed E-state index contributed by atoms with van der Waals surface area (Å²) < 4.78 is 0. The normalized spacial score (nSPS) is 9.75. The van der Waals surface area contributed by atoms with Crippen molar-refractivity contribution in [1.82, 2.24) is 0 Å². The predicted octanol–water partition coefficient (Wildman–Crippen LogP) is 0.478. The van der Waals surface area contributed by atoms with Crippen LogP contribution in [0.25, 0.3) is 0 Å². The van der Waals surface area contributed by atoms with E-state index in [4.69, 9.17) is 5.90 Å². The van der Waals surface area contributed by atoms with E-state index in [9.17, 15) is 5.11 Å². The van der Waals surface area contributed by atoms with Crippen LogP contribution in [0, 0.1) is 0 Å². The van der Waals surface area contributed by atoms with E-state index < -0.39 is 0 Å². The van der Waals surface area contributed by atoms with Crippen molar-refractivity contribution in [2.45, 2.75) is 19.3 Å². The Labute approximate surface area is 49.4 Å². The largest absolute Gasteiger partial charge is 0.305 e. The lowest BCUT2D eigenvalue weighted by Gasteiger charge is -1.93. The number of nitrogens with two attached hydrogens (primary N) is 1. The minimum absolute atomic E-state index is 0.0184. The molecule has 0 aromatic carbocycles. The summed E-state index contributed by atoms with van der Waals surface area (Å²) in [6, 6.07) is 0. The summed E-state index contributed by atoms with van der Waals surface area (Å²) in [5.74, 6) is 4.73. The SMILES string of the molecule is NOCCCCC[O]. The summed E-state index contributed by atoms with van der Waals surface area (Å²) in [4.78, 5) is 4.29. The minimum atomic E-state index is 0.0184. The zero-order valence-corrected chi connectivity index (χ0v) is 4.93. The first-order chi connectivity index (χ1) is 3.91. The highest BCUT2D eigenvalue weighted by Crippen LogP contribution is 1.92. The van der Waals surface area contributed by atoms with Crippen molar-refractivity contribution >= 4 is 0 Å². The van der Waals surface area contributed by atoms with Crippen LogP contribution in [0.4, 0.5) is 0 Å². The highest BCUT2D eigenvalue weighted by atomic mass is 16.6. The summed E-state index contributed by atoms with van der Waals surface area (Å²) in [6.07, 6.45) is 2.57. The lowest BCUT2D eigenvalue weighted by molar-refractivity contribution is 0.128. The van der Waals surface area contributed by atoms with Gasteiger partial charge in [0.05, 0.1) is 13.2 Å². The molecule has 3 heteroatoms. The molecule has 0 bridgehead atoms. The average molecular weight is 118 g/mol. The van der Waals surface area contributed by atoms with Gasteiger partial charge in [-0.2, -0.15) is 0 Å². The Hall–Kier alpha value is -0.120. The van der Waals surface area contributed by atoms with Crippen molar-refractivity contribution in [2.75, 3.05) is 13.2 Å². The number of hydrogen-bond donors (Lipinski definition) is 1. The quantitative estimate of drug-likeness (QED) is 0.421. The molecule has 0 saturated carbocycles. The summed E-state index contributed by atoms with van der Waals surface area (Å²) in [7, 11) is 0. The van der Waals surface area contributed by atoms with Gasteiger partial charge >= 0.3 is 0 Å². The molecule has 0 fully saturated rings. The van der Waals surface area contributed by atoms with Crippen molar-refractivity contribution in [3.8, 4) is 0 Å². The Morgan fingerprint density at radius 1 is 1.25 bits per heavy atom. The summed E-state index contributed by atoms with van der Waals surface area (Å²) in [5.41, 5.74) is 0. The van der Waals surface area contributed by atoms with Crippen LogP contribution in [-0.4, -0.2) is 13.2 Å². The van der Waals surface area contributed by atoms with Crippen LogP contribution in [0.15, 0.2) is 0 Å². The van der Waals surface area contributed by atoms with Gasteiger partial charge in [0, 0.05) is 0 Å². The Bertz CT molecular complexity index is 35.4. The van der Waals surface area contributed by atoms with Crippen molar-refractivity contribution in [3.05, 3.63) is 0 Å². The molecule has 3 nitrogen and oxygen atoms in total. The van der Waals surface area contributed by atoms with Gasteiger partial charge in [-0.25, -0.2) is 11.0 Å². The van der Waals surface area contributed by atoms with E-state index in [-0.39, 0.29) is 6.61 Å². The Kier molecular flexibility index (Phi) is 6.78. The van der Waals surface area contributed by atoms with E-state index in [1.54, 1.807) is 0 Å². The van der Waals surface area contributed by atoms with Gasteiger partial charge in [-0.1, -0.05) is 0 Å². The maximum atomic E-state index is 9.82. The zero-order chi connectivity index (χ0) is 6.24. The van der Waals surface area contributed by atoms with E-state index in [0.29, 0.717) is 6.61 Å². The van der Waals surface area contributed by atoms with Crippen LogP contribution in [0.2, 0.25) is 0 Å². The highest BCUT2D eigenvalue weighted by Gasteiger charge is 1.85. The van der Waals surface area contributed by atoms with Crippen LogP contribution in [0.3, 0.4) is 0 Å².